The van der Waals surface area contributed by atoms with Crippen molar-refractivity contribution in [3.8, 4) is 0 Å². The smallest absolute Gasteiger partial charge is 0.327 e. The fraction of sp³-hybridized carbons (Fsp3) is 0.500. The van der Waals surface area contributed by atoms with Crippen LogP contribution in [0.4, 0.5) is 0 Å². The summed E-state index contributed by atoms with van der Waals surface area (Å²) >= 11 is 0. The summed E-state index contributed by atoms with van der Waals surface area (Å²) in [7, 11) is 0. The molecule has 0 fully saturated rings. The van der Waals surface area contributed by atoms with Gasteiger partial charge in [0.25, 0.3) is 0 Å². The van der Waals surface area contributed by atoms with E-state index in [1.165, 1.54) is 0 Å². The maximum absolute atomic E-state index is 11.1. The molecule has 3 N–H and O–H groups in total. The number of nitrogens with two attached hydrogens (primary N) is 1. The average molecular weight is 227 g/mol. The summed E-state index contributed by atoms with van der Waals surface area (Å²) in [5, 5.41) is 0. The molecule has 1 heterocycles. The van der Waals surface area contributed by atoms with E-state index in [0.717, 1.165) is 12.3 Å². The van der Waals surface area contributed by atoms with Crippen molar-refractivity contribution in [1.29, 1.82) is 0 Å². The monoisotopic (exact) mass is 227 g/mol. The predicted octanol–water partition coefficient (Wildman–Crippen LogP) is 0.413. The van der Waals surface area contributed by atoms with Gasteiger partial charge in [-0.05, 0) is 18.7 Å². The van der Waals surface area contributed by atoms with E-state index in [2.05, 4.69) is 9.74 Å². The molecule has 0 unspecified atom stereocenters. The lowest BCUT2D eigenvalue weighted by atomic mass is 10.3. The van der Waals surface area contributed by atoms with Crippen molar-refractivity contribution in [2.45, 2.75) is 19.9 Å². The van der Waals surface area contributed by atoms with E-state index in [4.69, 9.17) is 10.3 Å². The van der Waals surface area contributed by atoms with Crippen LogP contribution in [-0.2, 0) is 16.2 Å². The van der Waals surface area contributed by atoms with Crippen LogP contribution in [0.1, 0.15) is 19.1 Å². The number of furan rings is 1. The van der Waals surface area contributed by atoms with Crippen LogP contribution in [0.15, 0.2) is 22.8 Å². The number of rotatable bonds is 7. The molecule has 90 valence electrons. The Morgan fingerprint density at radius 1 is 1.69 bits per heavy atom. The third-order valence-electron chi connectivity index (χ3n) is 2.21. The zero-order chi connectivity index (χ0) is 11.8. The number of nitrogens with zero attached hydrogens (tertiary/aromatic N) is 1. The summed E-state index contributed by atoms with van der Waals surface area (Å²) in [6.07, 6.45) is 1.93. The van der Waals surface area contributed by atoms with Gasteiger partial charge in [-0.1, -0.05) is 12.5 Å². The Balaban J connectivity index is 2.29. The summed E-state index contributed by atoms with van der Waals surface area (Å²) in [4.78, 5) is 17.5. The summed E-state index contributed by atoms with van der Waals surface area (Å²) < 4.78 is 5.23. The number of hydrogen-bond acceptors (Lipinski definition) is 6. The molecule has 6 heteroatoms. The number of nitrogens with one attached hydrogen (secondary N) is 1. The van der Waals surface area contributed by atoms with Crippen molar-refractivity contribution in [3.63, 3.8) is 0 Å². The first-order valence-corrected chi connectivity index (χ1v) is 5.16. The van der Waals surface area contributed by atoms with E-state index in [1.807, 2.05) is 24.6 Å². The Hall–Kier alpha value is -1.37. The summed E-state index contributed by atoms with van der Waals surface area (Å²) in [6, 6.07) is 3.75. The molecule has 0 aromatic carbocycles. The Labute approximate surface area is 94.3 Å². The lowest BCUT2D eigenvalue weighted by Crippen LogP contribution is -2.30. The van der Waals surface area contributed by atoms with E-state index in [1.54, 1.807) is 6.26 Å². The van der Waals surface area contributed by atoms with Gasteiger partial charge >= 0.3 is 5.97 Å². The molecule has 0 aliphatic rings. The van der Waals surface area contributed by atoms with Crippen LogP contribution in [0.2, 0.25) is 0 Å². The SMILES string of the molecule is CCN(CCC(=O)ONN)Cc1ccco1. The molecule has 0 aliphatic carbocycles. The van der Waals surface area contributed by atoms with Gasteiger partial charge in [0, 0.05) is 6.54 Å². The molecule has 0 bridgehead atoms. The Morgan fingerprint density at radius 3 is 3.06 bits per heavy atom. The minimum Gasteiger partial charge on any atom is -0.468 e. The highest BCUT2D eigenvalue weighted by Gasteiger charge is 2.09. The van der Waals surface area contributed by atoms with E-state index >= 15 is 0 Å². The molecule has 0 saturated carbocycles. The topological polar surface area (TPSA) is 80.7 Å². The molecule has 16 heavy (non-hydrogen) atoms. The maximum Gasteiger partial charge on any atom is 0.327 e. The molecular weight excluding hydrogens is 210 g/mol. The summed E-state index contributed by atoms with van der Waals surface area (Å²) in [5.41, 5.74) is 1.87. The molecule has 0 aliphatic heterocycles. The Bertz CT molecular complexity index is 300. The zero-order valence-electron chi connectivity index (χ0n) is 9.31. The Kier molecular flexibility index (Phi) is 5.55. The van der Waals surface area contributed by atoms with Crippen LogP contribution in [0.25, 0.3) is 0 Å². The van der Waals surface area contributed by atoms with Gasteiger partial charge in [-0.2, -0.15) is 0 Å². The van der Waals surface area contributed by atoms with Crippen molar-refractivity contribution in [2.75, 3.05) is 13.1 Å². The number of hydrogen-bond donors (Lipinski definition) is 2. The van der Waals surface area contributed by atoms with Gasteiger partial charge in [0.15, 0.2) is 0 Å². The van der Waals surface area contributed by atoms with Gasteiger partial charge < -0.3 is 9.25 Å². The maximum atomic E-state index is 11.1. The highest BCUT2D eigenvalue weighted by atomic mass is 16.7. The zero-order valence-corrected chi connectivity index (χ0v) is 9.31. The van der Waals surface area contributed by atoms with Crippen molar-refractivity contribution in [2.24, 2.45) is 5.84 Å². The lowest BCUT2D eigenvalue weighted by molar-refractivity contribution is -0.151. The molecule has 1 rings (SSSR count). The van der Waals surface area contributed by atoms with Gasteiger partial charge in [-0.25, -0.2) is 5.84 Å². The molecule has 6 nitrogen and oxygen atoms in total. The number of carbonyl (C=O) groups excluding carboxylic acids is 1. The first-order valence-electron chi connectivity index (χ1n) is 5.16. The van der Waals surface area contributed by atoms with E-state index < -0.39 is 0 Å². The van der Waals surface area contributed by atoms with Crippen LogP contribution in [-0.4, -0.2) is 24.0 Å². The summed E-state index contributed by atoms with van der Waals surface area (Å²) in [6.45, 7) is 4.16. The molecule has 1 aromatic heterocycles. The quantitative estimate of drug-likeness (QED) is 0.519. The van der Waals surface area contributed by atoms with Crippen molar-refractivity contribution in [1.82, 2.24) is 10.5 Å². The van der Waals surface area contributed by atoms with Gasteiger partial charge in [-0.3, -0.25) is 9.69 Å². The fourth-order valence-electron chi connectivity index (χ4n) is 1.34. The molecule has 0 radical (unpaired) electrons. The largest absolute Gasteiger partial charge is 0.468 e. The second-order valence-electron chi connectivity index (χ2n) is 3.29. The van der Waals surface area contributed by atoms with Crippen LogP contribution in [0.5, 0.6) is 0 Å². The van der Waals surface area contributed by atoms with Gasteiger partial charge in [0.2, 0.25) is 0 Å². The van der Waals surface area contributed by atoms with Crippen LogP contribution < -0.4 is 11.4 Å². The van der Waals surface area contributed by atoms with Crippen LogP contribution in [0, 0.1) is 0 Å². The standard InChI is InChI=1S/C10H17N3O3/c1-2-13(6-5-10(14)16-12-11)8-9-4-3-7-15-9/h3-4,7,12H,2,5-6,8,11H2,1H3. The first-order chi connectivity index (χ1) is 7.76. The average Bonchev–Trinajstić information content (AvgIpc) is 2.77. The van der Waals surface area contributed by atoms with E-state index in [-0.39, 0.29) is 5.97 Å². The summed E-state index contributed by atoms with van der Waals surface area (Å²) in [5.74, 6) is 5.36. The molecule has 0 spiro atoms. The van der Waals surface area contributed by atoms with Gasteiger partial charge in [-0.15, -0.1) is 0 Å². The third kappa shape index (κ3) is 4.43. The Morgan fingerprint density at radius 2 is 2.50 bits per heavy atom. The minimum absolute atomic E-state index is 0.290. The number of carbonyl (C=O) groups is 1. The lowest BCUT2D eigenvalue weighted by Gasteiger charge is -2.18. The van der Waals surface area contributed by atoms with Gasteiger partial charge in [0.1, 0.15) is 5.76 Å². The molecule has 1 aromatic rings. The second kappa shape index (κ2) is 7.00. The van der Waals surface area contributed by atoms with Crippen LogP contribution in [0.3, 0.4) is 0 Å². The molecule has 0 amide bonds. The second-order valence-corrected chi connectivity index (χ2v) is 3.29. The first kappa shape index (κ1) is 12.7. The van der Waals surface area contributed by atoms with E-state index in [9.17, 15) is 4.79 Å². The van der Waals surface area contributed by atoms with Crippen LogP contribution >= 0.6 is 0 Å². The van der Waals surface area contributed by atoms with Gasteiger partial charge in [0.05, 0.1) is 19.2 Å². The minimum atomic E-state index is -0.375. The van der Waals surface area contributed by atoms with Crippen molar-refractivity contribution >= 4 is 5.97 Å². The fourth-order valence-corrected chi connectivity index (χ4v) is 1.34. The third-order valence-corrected chi connectivity index (χ3v) is 2.21. The normalized spacial score (nSPS) is 10.7. The molecule has 0 atom stereocenters. The molecular formula is C10H17N3O3. The molecule has 0 saturated heterocycles. The van der Waals surface area contributed by atoms with Crippen molar-refractivity contribution in [3.05, 3.63) is 24.2 Å². The predicted molar refractivity (Wildman–Crippen MR) is 57.7 cm³/mol. The number of hydrazine groups is 1. The van der Waals surface area contributed by atoms with E-state index in [0.29, 0.717) is 19.5 Å². The van der Waals surface area contributed by atoms with Crippen molar-refractivity contribution < 1.29 is 14.0 Å². The highest BCUT2D eigenvalue weighted by molar-refractivity contribution is 5.69. The highest BCUT2D eigenvalue weighted by Crippen LogP contribution is 2.05.